The molecule has 0 heterocycles. The number of ether oxygens (including phenoxy) is 1. The normalized spacial score (nSPS) is 24.4. The number of halogens is 1. The highest BCUT2D eigenvalue weighted by molar-refractivity contribution is 6.24. The lowest BCUT2D eigenvalue weighted by Crippen LogP contribution is -2.48. The van der Waals surface area contributed by atoms with E-state index in [1.54, 1.807) is 0 Å². The first kappa shape index (κ1) is 32.8. The van der Waals surface area contributed by atoms with Crippen LogP contribution < -0.4 is 0 Å². The zero-order valence-electron chi connectivity index (χ0n) is 24.3. The third kappa shape index (κ3) is 11.9. The number of nitrogens with zero attached hydrogens (tertiary/aromatic N) is 1. The van der Waals surface area contributed by atoms with E-state index in [0.717, 1.165) is 19.3 Å². The fourth-order valence-electron chi connectivity index (χ4n) is 6.13. The molecule has 0 aromatic heterocycles. The number of hydrogen-bond acceptors (Lipinski definition) is 3. The van der Waals surface area contributed by atoms with E-state index >= 15 is 0 Å². The van der Waals surface area contributed by atoms with Crippen molar-refractivity contribution in [1.29, 1.82) is 5.26 Å². The SMILES string of the molecule is COC(=O)/C(C)=C/CC/C(C)=C/CCCCCCCCCCC[C@H]1CC[C@@](C)(Cl)[C@H](CC#N)C1(C)C. The van der Waals surface area contributed by atoms with E-state index < -0.39 is 0 Å². The summed E-state index contributed by atoms with van der Waals surface area (Å²) >= 11 is 6.82. The molecule has 0 amide bonds. The van der Waals surface area contributed by atoms with Crippen molar-refractivity contribution in [3.63, 3.8) is 0 Å². The minimum absolute atomic E-state index is 0.152. The van der Waals surface area contributed by atoms with Crippen molar-refractivity contribution >= 4 is 17.6 Å². The lowest BCUT2D eigenvalue weighted by molar-refractivity contribution is -0.136. The molecule has 1 aliphatic rings. The maximum absolute atomic E-state index is 11.4. The number of nitriles is 1. The lowest BCUT2D eigenvalue weighted by atomic mass is 9.56. The van der Waals surface area contributed by atoms with Gasteiger partial charge in [0.05, 0.1) is 13.2 Å². The summed E-state index contributed by atoms with van der Waals surface area (Å²) in [5.41, 5.74) is 2.26. The Balaban J connectivity index is 2.06. The van der Waals surface area contributed by atoms with Gasteiger partial charge in [0.25, 0.3) is 0 Å². The number of carbonyl (C=O) groups excluding carboxylic acids is 1. The number of unbranched alkanes of at least 4 members (excludes halogenated alkanes) is 9. The van der Waals surface area contributed by atoms with Crippen LogP contribution in [0.2, 0.25) is 0 Å². The molecule has 0 aliphatic heterocycles. The first-order valence-corrected chi connectivity index (χ1v) is 14.9. The van der Waals surface area contributed by atoms with Gasteiger partial charge in [-0.25, -0.2) is 4.79 Å². The molecule has 36 heavy (non-hydrogen) atoms. The van der Waals surface area contributed by atoms with Crippen LogP contribution in [-0.4, -0.2) is 18.0 Å². The van der Waals surface area contributed by atoms with Crippen LogP contribution >= 0.6 is 11.6 Å². The lowest BCUT2D eigenvalue weighted by Gasteiger charge is -2.52. The van der Waals surface area contributed by atoms with Crippen molar-refractivity contribution in [3.8, 4) is 6.07 Å². The molecule has 206 valence electrons. The monoisotopic (exact) mass is 519 g/mol. The van der Waals surface area contributed by atoms with Gasteiger partial charge in [0.2, 0.25) is 0 Å². The standard InChI is InChI=1S/C32H54ClNO2/c1-26(19-17-20-27(2)30(35)36-6)18-15-13-11-9-7-8-10-12-14-16-21-28-22-24-32(5,33)29(23-25-34)31(28,3)4/h18,20,28-29H,7-17,19,21-24H2,1-6H3/b26-18+,27-20+/t28-,29+,32+/m0/s1. The molecule has 0 bridgehead atoms. The molecule has 0 saturated heterocycles. The number of esters is 1. The van der Waals surface area contributed by atoms with Crippen LogP contribution in [0.4, 0.5) is 0 Å². The molecule has 1 saturated carbocycles. The Morgan fingerprint density at radius 3 is 2.14 bits per heavy atom. The van der Waals surface area contributed by atoms with Gasteiger partial charge in [-0.1, -0.05) is 82.9 Å². The molecule has 0 aromatic carbocycles. The Morgan fingerprint density at radius 2 is 1.56 bits per heavy atom. The highest BCUT2D eigenvalue weighted by Crippen LogP contribution is 2.55. The van der Waals surface area contributed by atoms with E-state index in [9.17, 15) is 10.1 Å². The predicted octanol–water partition coefficient (Wildman–Crippen LogP) is 10.1. The highest BCUT2D eigenvalue weighted by Gasteiger charge is 2.49. The summed E-state index contributed by atoms with van der Waals surface area (Å²) in [6, 6.07) is 2.40. The number of allylic oxidation sites excluding steroid dienone is 3. The maximum atomic E-state index is 11.4. The van der Waals surface area contributed by atoms with Crippen LogP contribution in [0.1, 0.15) is 137 Å². The fourth-order valence-corrected chi connectivity index (χ4v) is 6.60. The highest BCUT2D eigenvalue weighted by atomic mass is 35.5. The number of hydrogen-bond donors (Lipinski definition) is 0. The van der Waals surface area contributed by atoms with E-state index in [-0.39, 0.29) is 22.2 Å². The molecule has 0 N–H and O–H groups in total. The Morgan fingerprint density at radius 1 is 0.972 bits per heavy atom. The van der Waals surface area contributed by atoms with Gasteiger partial charge >= 0.3 is 5.97 Å². The van der Waals surface area contributed by atoms with Gasteiger partial charge in [-0.3, -0.25) is 0 Å². The number of alkyl halides is 1. The number of carbonyl (C=O) groups is 1. The Labute approximate surface area is 228 Å². The summed E-state index contributed by atoms with van der Waals surface area (Å²) in [6.07, 6.45) is 23.6. The van der Waals surface area contributed by atoms with E-state index in [2.05, 4.69) is 39.8 Å². The second-order valence-electron chi connectivity index (χ2n) is 12.0. The largest absolute Gasteiger partial charge is 0.466 e. The first-order chi connectivity index (χ1) is 17.1. The van der Waals surface area contributed by atoms with E-state index in [1.807, 2.05) is 13.0 Å². The molecule has 0 radical (unpaired) electrons. The number of rotatable bonds is 17. The van der Waals surface area contributed by atoms with Crippen molar-refractivity contribution in [1.82, 2.24) is 0 Å². The van der Waals surface area contributed by atoms with Crippen molar-refractivity contribution in [2.45, 2.75) is 142 Å². The predicted molar refractivity (Wildman–Crippen MR) is 154 cm³/mol. The van der Waals surface area contributed by atoms with Crippen LogP contribution in [-0.2, 0) is 9.53 Å². The van der Waals surface area contributed by atoms with E-state index in [0.29, 0.717) is 17.9 Å². The Bertz CT molecular complexity index is 744. The van der Waals surface area contributed by atoms with Gasteiger partial charge in [0.1, 0.15) is 0 Å². The molecule has 3 atom stereocenters. The van der Waals surface area contributed by atoms with E-state index in [1.165, 1.54) is 89.7 Å². The number of methoxy groups -OCH3 is 1. The van der Waals surface area contributed by atoms with Crippen molar-refractivity contribution < 1.29 is 9.53 Å². The molecule has 0 spiro atoms. The molecular formula is C32H54ClNO2. The molecule has 3 nitrogen and oxygen atoms in total. The fraction of sp³-hybridized carbons (Fsp3) is 0.812. The third-order valence-corrected chi connectivity index (χ3v) is 9.15. The van der Waals surface area contributed by atoms with Gasteiger partial charge in [-0.15, -0.1) is 11.6 Å². The molecule has 0 aromatic rings. The van der Waals surface area contributed by atoms with Crippen LogP contribution in [0.3, 0.4) is 0 Å². The summed E-state index contributed by atoms with van der Waals surface area (Å²) in [5, 5.41) is 9.31. The zero-order chi connectivity index (χ0) is 27.0. The summed E-state index contributed by atoms with van der Waals surface area (Å²) < 4.78 is 4.73. The minimum Gasteiger partial charge on any atom is -0.466 e. The molecule has 1 fully saturated rings. The summed E-state index contributed by atoms with van der Waals surface area (Å²) in [6.45, 7) is 10.8. The Kier molecular flexibility index (Phi) is 15.7. The Hall–Kier alpha value is -1.27. The maximum Gasteiger partial charge on any atom is 0.333 e. The van der Waals surface area contributed by atoms with Gasteiger partial charge in [0.15, 0.2) is 0 Å². The first-order valence-electron chi connectivity index (χ1n) is 14.5. The summed E-state index contributed by atoms with van der Waals surface area (Å²) in [4.78, 5) is 11.2. The summed E-state index contributed by atoms with van der Waals surface area (Å²) in [7, 11) is 1.43. The third-order valence-electron chi connectivity index (χ3n) is 8.70. The molecule has 1 rings (SSSR count). The quantitative estimate of drug-likeness (QED) is 0.0631. The average Bonchev–Trinajstić information content (AvgIpc) is 2.83. The molecular weight excluding hydrogens is 466 g/mol. The minimum atomic E-state index is -0.231. The molecule has 0 unspecified atom stereocenters. The average molecular weight is 520 g/mol. The van der Waals surface area contributed by atoms with Gasteiger partial charge in [0, 0.05) is 16.9 Å². The van der Waals surface area contributed by atoms with Crippen LogP contribution in [0.25, 0.3) is 0 Å². The van der Waals surface area contributed by atoms with Crippen molar-refractivity contribution in [2.75, 3.05) is 7.11 Å². The van der Waals surface area contributed by atoms with E-state index in [4.69, 9.17) is 16.3 Å². The second-order valence-corrected chi connectivity index (χ2v) is 12.8. The molecule has 1 aliphatic carbocycles. The van der Waals surface area contributed by atoms with Gasteiger partial charge < -0.3 is 4.74 Å². The van der Waals surface area contributed by atoms with Crippen LogP contribution in [0.15, 0.2) is 23.3 Å². The van der Waals surface area contributed by atoms with Gasteiger partial charge in [-0.2, -0.15) is 5.26 Å². The van der Waals surface area contributed by atoms with Crippen LogP contribution in [0, 0.1) is 28.6 Å². The van der Waals surface area contributed by atoms with Crippen molar-refractivity contribution in [3.05, 3.63) is 23.3 Å². The topological polar surface area (TPSA) is 50.1 Å². The second kappa shape index (κ2) is 17.3. The zero-order valence-corrected chi connectivity index (χ0v) is 25.0. The summed E-state index contributed by atoms with van der Waals surface area (Å²) in [5.74, 6) is 0.751. The molecule has 4 heteroatoms. The van der Waals surface area contributed by atoms with Crippen molar-refractivity contribution in [2.24, 2.45) is 17.3 Å². The van der Waals surface area contributed by atoms with Gasteiger partial charge in [-0.05, 0) is 83.0 Å². The smallest absolute Gasteiger partial charge is 0.333 e. The van der Waals surface area contributed by atoms with Crippen LogP contribution in [0.5, 0.6) is 0 Å².